The Labute approximate surface area is 133 Å². The Bertz CT molecular complexity index is 517. The lowest BCUT2D eigenvalue weighted by Crippen LogP contribution is -2.41. The molecule has 1 saturated heterocycles. The number of benzene rings is 1. The predicted molar refractivity (Wildman–Crippen MR) is 89.3 cm³/mol. The number of carbonyl (C=O) groups excluding carboxylic acids is 1. The largest absolute Gasteiger partial charge is 0.342 e. The van der Waals surface area contributed by atoms with Gasteiger partial charge >= 0.3 is 0 Å². The van der Waals surface area contributed by atoms with Crippen LogP contribution in [-0.4, -0.2) is 42.4 Å². The molecular weight excluding hydrogens is 272 g/mol. The predicted octanol–water partition coefficient (Wildman–Crippen LogP) is 2.93. The summed E-state index contributed by atoms with van der Waals surface area (Å²) >= 11 is 0. The van der Waals surface area contributed by atoms with Crippen LogP contribution in [0, 0.1) is 11.8 Å². The highest BCUT2D eigenvalue weighted by Gasteiger charge is 2.32. The normalized spacial score (nSPS) is 24.5. The van der Waals surface area contributed by atoms with Crippen molar-refractivity contribution in [2.75, 3.05) is 26.7 Å². The molecule has 118 valence electrons. The van der Waals surface area contributed by atoms with Crippen molar-refractivity contribution in [3.05, 3.63) is 48.0 Å². The summed E-state index contributed by atoms with van der Waals surface area (Å²) in [5.41, 5.74) is 1.38. The van der Waals surface area contributed by atoms with Crippen molar-refractivity contribution < 1.29 is 4.79 Å². The van der Waals surface area contributed by atoms with Crippen LogP contribution in [0.1, 0.15) is 24.8 Å². The highest BCUT2D eigenvalue weighted by atomic mass is 16.2. The van der Waals surface area contributed by atoms with Gasteiger partial charge in [-0.3, -0.25) is 9.69 Å². The number of amides is 1. The molecule has 1 atom stereocenters. The number of piperidine rings is 1. The molecule has 22 heavy (non-hydrogen) atoms. The zero-order valence-corrected chi connectivity index (χ0v) is 13.4. The molecule has 2 heterocycles. The minimum atomic E-state index is 0.197. The van der Waals surface area contributed by atoms with Crippen LogP contribution in [0.2, 0.25) is 0 Å². The Hall–Kier alpha value is -1.61. The number of likely N-dealkylation sites (N-methyl/N-ethyl adjacent to an activating group) is 1. The molecule has 0 radical (unpaired) electrons. The Morgan fingerprint density at radius 3 is 2.55 bits per heavy atom. The molecule has 0 aromatic heterocycles. The molecule has 3 heteroatoms. The van der Waals surface area contributed by atoms with Crippen molar-refractivity contribution in [3.8, 4) is 0 Å². The Kier molecular flexibility index (Phi) is 4.94. The van der Waals surface area contributed by atoms with Crippen molar-refractivity contribution in [1.82, 2.24) is 9.80 Å². The molecule has 1 aromatic carbocycles. The summed E-state index contributed by atoms with van der Waals surface area (Å²) in [5, 5.41) is 0. The van der Waals surface area contributed by atoms with Gasteiger partial charge in [0.05, 0.1) is 0 Å². The fourth-order valence-electron chi connectivity index (χ4n) is 3.70. The van der Waals surface area contributed by atoms with Gasteiger partial charge in [0.15, 0.2) is 0 Å². The fraction of sp³-hybridized carbons (Fsp3) is 0.526. The van der Waals surface area contributed by atoms with Gasteiger partial charge in [-0.25, -0.2) is 0 Å². The lowest BCUT2D eigenvalue weighted by atomic mass is 9.81. The van der Waals surface area contributed by atoms with Crippen LogP contribution < -0.4 is 0 Å². The van der Waals surface area contributed by atoms with Gasteiger partial charge in [0.1, 0.15) is 0 Å². The Balaban J connectivity index is 1.55. The van der Waals surface area contributed by atoms with Crippen LogP contribution in [0.3, 0.4) is 0 Å². The molecule has 1 aromatic rings. The highest BCUT2D eigenvalue weighted by Crippen LogP contribution is 2.30. The van der Waals surface area contributed by atoms with E-state index in [2.05, 4.69) is 47.4 Å². The topological polar surface area (TPSA) is 23.6 Å². The Morgan fingerprint density at radius 2 is 1.82 bits per heavy atom. The second-order valence-corrected chi connectivity index (χ2v) is 6.63. The zero-order chi connectivity index (χ0) is 15.4. The van der Waals surface area contributed by atoms with E-state index < -0.39 is 0 Å². The van der Waals surface area contributed by atoms with Gasteiger partial charge < -0.3 is 4.90 Å². The maximum absolute atomic E-state index is 12.5. The van der Waals surface area contributed by atoms with Crippen molar-refractivity contribution in [2.24, 2.45) is 11.8 Å². The van der Waals surface area contributed by atoms with Crippen LogP contribution in [0.15, 0.2) is 42.5 Å². The lowest BCUT2D eigenvalue weighted by molar-refractivity contribution is -0.135. The van der Waals surface area contributed by atoms with Gasteiger partial charge in [0.25, 0.3) is 0 Å². The molecule has 1 amide bonds. The van der Waals surface area contributed by atoms with E-state index in [1.54, 1.807) is 0 Å². The van der Waals surface area contributed by atoms with Gasteiger partial charge in [-0.15, -0.1) is 0 Å². The molecule has 2 aliphatic rings. The first-order valence-electron chi connectivity index (χ1n) is 8.40. The molecule has 0 N–H and O–H groups in total. The van der Waals surface area contributed by atoms with Gasteiger partial charge in [0.2, 0.25) is 5.91 Å². The van der Waals surface area contributed by atoms with Crippen LogP contribution >= 0.6 is 0 Å². The average Bonchev–Trinajstić information content (AvgIpc) is 2.72. The number of allylic oxidation sites excluding steroid dienone is 1. The molecule has 0 unspecified atom stereocenters. The molecule has 3 nitrogen and oxygen atoms in total. The Morgan fingerprint density at radius 1 is 1.09 bits per heavy atom. The number of hydrogen-bond acceptors (Lipinski definition) is 2. The molecule has 0 bridgehead atoms. The van der Waals surface area contributed by atoms with E-state index in [9.17, 15) is 4.79 Å². The summed E-state index contributed by atoms with van der Waals surface area (Å²) in [6.45, 7) is 4.02. The van der Waals surface area contributed by atoms with E-state index in [1.165, 1.54) is 5.56 Å². The van der Waals surface area contributed by atoms with Crippen molar-refractivity contribution in [3.63, 3.8) is 0 Å². The third-order valence-corrected chi connectivity index (χ3v) is 5.08. The molecular formula is C19H26N2O. The second-order valence-electron chi connectivity index (χ2n) is 6.63. The van der Waals surface area contributed by atoms with Crippen molar-refractivity contribution >= 4 is 5.91 Å². The molecule has 1 fully saturated rings. The number of carbonyl (C=O) groups is 1. The third-order valence-electron chi connectivity index (χ3n) is 5.08. The fourth-order valence-corrected chi connectivity index (χ4v) is 3.70. The first-order chi connectivity index (χ1) is 10.7. The summed E-state index contributed by atoms with van der Waals surface area (Å²) < 4.78 is 0. The van der Waals surface area contributed by atoms with E-state index in [0.717, 1.165) is 45.4 Å². The van der Waals surface area contributed by atoms with Crippen molar-refractivity contribution in [2.45, 2.75) is 25.8 Å². The van der Waals surface area contributed by atoms with Crippen LogP contribution in [0.25, 0.3) is 0 Å². The van der Waals surface area contributed by atoms with Crippen LogP contribution in [0.5, 0.6) is 0 Å². The number of rotatable bonds is 3. The first-order valence-corrected chi connectivity index (χ1v) is 8.40. The van der Waals surface area contributed by atoms with Gasteiger partial charge in [-0.2, -0.15) is 0 Å². The van der Waals surface area contributed by atoms with E-state index in [0.29, 0.717) is 11.8 Å². The molecule has 3 rings (SSSR count). The van der Waals surface area contributed by atoms with E-state index in [-0.39, 0.29) is 5.92 Å². The second kappa shape index (κ2) is 7.10. The molecule has 2 aliphatic heterocycles. The number of likely N-dealkylation sites (tertiary alicyclic amines) is 1. The minimum Gasteiger partial charge on any atom is -0.342 e. The molecule has 0 spiro atoms. The van der Waals surface area contributed by atoms with Gasteiger partial charge in [0, 0.05) is 26.1 Å². The van der Waals surface area contributed by atoms with E-state index >= 15 is 0 Å². The summed E-state index contributed by atoms with van der Waals surface area (Å²) in [6.07, 6.45) is 7.53. The van der Waals surface area contributed by atoms with E-state index in [4.69, 9.17) is 0 Å². The number of nitrogens with zero attached hydrogens (tertiary/aromatic N) is 2. The maximum atomic E-state index is 12.5. The maximum Gasteiger partial charge on any atom is 0.226 e. The SMILES string of the molecule is CN1CC=CC[C@@H](C2CCN(Cc3ccccc3)CC2)C1=O. The standard InChI is InChI=1S/C19H26N2O/c1-20-12-6-5-9-18(19(20)22)17-10-13-21(14-11-17)15-16-7-3-2-4-8-16/h2-8,17-18H,9-15H2,1H3/t18-/m0/s1. The quantitative estimate of drug-likeness (QED) is 0.801. The summed E-state index contributed by atoms with van der Waals surface area (Å²) in [7, 11) is 1.93. The third kappa shape index (κ3) is 3.58. The smallest absolute Gasteiger partial charge is 0.226 e. The highest BCUT2D eigenvalue weighted by molar-refractivity contribution is 5.79. The van der Waals surface area contributed by atoms with Crippen LogP contribution in [0.4, 0.5) is 0 Å². The van der Waals surface area contributed by atoms with Crippen molar-refractivity contribution in [1.29, 1.82) is 0 Å². The number of hydrogen-bond donors (Lipinski definition) is 0. The van der Waals surface area contributed by atoms with E-state index in [1.807, 2.05) is 11.9 Å². The van der Waals surface area contributed by atoms with Gasteiger partial charge in [-0.05, 0) is 43.8 Å². The monoisotopic (exact) mass is 298 g/mol. The van der Waals surface area contributed by atoms with Gasteiger partial charge in [-0.1, -0.05) is 42.5 Å². The minimum absolute atomic E-state index is 0.197. The average molecular weight is 298 g/mol. The first kappa shape index (κ1) is 15.3. The zero-order valence-electron chi connectivity index (χ0n) is 13.4. The molecule has 0 aliphatic carbocycles. The summed E-state index contributed by atoms with van der Waals surface area (Å²) in [6, 6.07) is 10.7. The van der Waals surface area contributed by atoms with Crippen LogP contribution in [-0.2, 0) is 11.3 Å². The molecule has 0 saturated carbocycles. The summed E-state index contributed by atoms with van der Waals surface area (Å²) in [4.78, 5) is 16.9. The summed E-state index contributed by atoms with van der Waals surface area (Å²) in [5.74, 6) is 1.08. The lowest BCUT2D eigenvalue weighted by Gasteiger charge is -2.36.